The molecule has 0 heterocycles. The molecule has 5 atom stereocenters. The smallest absolute Gasteiger partial charge is 0.407 e. The molecule has 0 saturated heterocycles. The lowest BCUT2D eigenvalue weighted by Crippen LogP contribution is -2.58. The van der Waals surface area contributed by atoms with Crippen molar-refractivity contribution in [1.29, 1.82) is 0 Å². The van der Waals surface area contributed by atoms with Crippen LogP contribution in [-0.4, -0.2) is 44.4 Å². The highest BCUT2D eigenvalue weighted by Crippen LogP contribution is 2.43. The Morgan fingerprint density at radius 1 is 0.841 bits per heavy atom. The maximum atomic E-state index is 13.3. The number of rotatable bonds is 12. The number of ether oxygens (including phenoxy) is 3. The summed E-state index contributed by atoms with van der Waals surface area (Å²) in [6.07, 6.45) is 3.22. The molecule has 7 nitrogen and oxygen atoms in total. The minimum absolute atomic E-state index is 0.151. The second-order valence-corrected chi connectivity index (χ2v) is 16.8. The monoisotopic (exact) mass is 613 g/mol. The first-order valence-electron chi connectivity index (χ1n) is 15.3. The largest absolute Gasteiger partial charge is 0.512 e. The lowest BCUT2D eigenvalue weighted by atomic mass is 9.70. The molecule has 3 aromatic rings. The third-order valence-electron chi connectivity index (χ3n) is 7.91. The van der Waals surface area contributed by atoms with Gasteiger partial charge in [0.05, 0.1) is 44.0 Å². The second-order valence-electron chi connectivity index (χ2n) is 12.4. The van der Waals surface area contributed by atoms with Gasteiger partial charge in [-0.3, -0.25) is 0 Å². The summed E-state index contributed by atoms with van der Waals surface area (Å²) in [5.74, 6) is -0.548. The molecule has 2 aliphatic rings. The van der Waals surface area contributed by atoms with Gasteiger partial charge in [-0.25, -0.2) is 4.79 Å². The summed E-state index contributed by atoms with van der Waals surface area (Å²) in [6, 6.07) is 28.9. The molecular weight excluding hydrogens is 570 g/mol. The molecule has 232 valence electrons. The first kappa shape index (κ1) is 31.7. The van der Waals surface area contributed by atoms with Gasteiger partial charge in [0.15, 0.2) is 8.32 Å². The van der Waals surface area contributed by atoms with Crippen molar-refractivity contribution in [2.24, 2.45) is 11.8 Å². The zero-order chi connectivity index (χ0) is 30.9. The van der Waals surface area contributed by atoms with Crippen LogP contribution >= 0.6 is 0 Å². The summed E-state index contributed by atoms with van der Waals surface area (Å²) in [4.78, 5) is 13.3. The molecule has 44 heavy (non-hydrogen) atoms. The summed E-state index contributed by atoms with van der Waals surface area (Å²) in [5, 5.41) is 15.1. The van der Waals surface area contributed by atoms with Crippen molar-refractivity contribution in [3.8, 4) is 0 Å². The molecule has 0 spiro atoms. The van der Waals surface area contributed by atoms with Crippen molar-refractivity contribution < 1.29 is 28.5 Å². The fourth-order valence-electron chi connectivity index (χ4n) is 5.92. The zero-order valence-corrected chi connectivity index (χ0v) is 26.7. The predicted molar refractivity (Wildman–Crippen MR) is 173 cm³/mol. The van der Waals surface area contributed by atoms with Crippen molar-refractivity contribution in [3.63, 3.8) is 0 Å². The number of carbonyl (C=O) groups is 1. The van der Waals surface area contributed by atoms with Crippen LogP contribution in [0.3, 0.4) is 0 Å². The van der Waals surface area contributed by atoms with Crippen molar-refractivity contribution in [2.45, 2.75) is 64.1 Å². The Hall–Kier alpha value is -3.69. The van der Waals surface area contributed by atoms with Crippen LogP contribution in [0.4, 0.5) is 4.79 Å². The molecule has 8 heteroatoms. The number of hydrogen-bond acceptors (Lipinski definition) is 6. The van der Waals surface area contributed by atoms with Gasteiger partial charge in [0.1, 0.15) is 12.4 Å². The van der Waals surface area contributed by atoms with Crippen LogP contribution in [0.25, 0.3) is 0 Å². The highest BCUT2D eigenvalue weighted by atomic mass is 28.4. The van der Waals surface area contributed by atoms with Gasteiger partial charge in [-0.2, -0.15) is 0 Å². The normalized spacial score (nSPS) is 23.2. The maximum Gasteiger partial charge on any atom is 0.407 e. The number of allylic oxidation sites excluding steroid dienone is 1. The Morgan fingerprint density at radius 2 is 1.41 bits per heavy atom. The van der Waals surface area contributed by atoms with E-state index in [0.29, 0.717) is 19.6 Å². The number of amides is 1. The van der Waals surface area contributed by atoms with E-state index in [4.69, 9.17) is 18.6 Å². The molecular formula is C36H43NO6Si. The molecule has 1 amide bonds. The lowest BCUT2D eigenvalue weighted by Gasteiger charge is -2.46. The van der Waals surface area contributed by atoms with E-state index >= 15 is 0 Å². The van der Waals surface area contributed by atoms with E-state index in [-0.39, 0.29) is 24.9 Å². The van der Waals surface area contributed by atoms with Gasteiger partial charge in [-0.1, -0.05) is 103 Å². The highest BCUT2D eigenvalue weighted by Gasteiger charge is 2.49. The minimum Gasteiger partial charge on any atom is -0.512 e. The SMILES string of the molecule is C[Si](C)(C)OC1C=CC[C@@H]2C1=C(O)[C@@H](COCc1ccccc1)[C@H](OCc1ccccc1)[C@H]2NC(=O)OCc1ccccc1. The molecule has 0 bridgehead atoms. The topological polar surface area (TPSA) is 86.3 Å². The summed E-state index contributed by atoms with van der Waals surface area (Å²) in [6.45, 7) is 7.46. The van der Waals surface area contributed by atoms with Gasteiger partial charge in [0.25, 0.3) is 0 Å². The van der Waals surface area contributed by atoms with Gasteiger partial charge < -0.3 is 29.1 Å². The average Bonchev–Trinajstić information content (AvgIpc) is 3.02. The maximum absolute atomic E-state index is 13.3. The molecule has 2 aliphatic carbocycles. The fraction of sp³-hybridized carbons (Fsp3) is 0.361. The van der Waals surface area contributed by atoms with E-state index in [9.17, 15) is 9.90 Å². The fourth-order valence-corrected chi connectivity index (χ4v) is 6.89. The van der Waals surface area contributed by atoms with Gasteiger partial charge in [0.2, 0.25) is 0 Å². The number of aliphatic hydroxyl groups is 1. The standard InChI is InChI=1S/C36H43NO6Si/c1-44(2,3)43-31-21-13-20-29-32(31)34(38)30(25-40-22-26-14-7-4-8-15-26)35(41-23-27-16-9-5-10-17-27)33(29)37-36(39)42-24-28-18-11-6-12-19-28/h4-19,21,29-31,33,35,38H,20,22-25H2,1-3H3,(H,37,39)/t29-,30-,31?,33+,35+/m1/s1. The third kappa shape index (κ3) is 8.48. The molecule has 0 aromatic heterocycles. The molecule has 0 saturated carbocycles. The van der Waals surface area contributed by atoms with E-state index < -0.39 is 38.6 Å². The Morgan fingerprint density at radius 3 is 2.00 bits per heavy atom. The third-order valence-corrected chi connectivity index (χ3v) is 8.87. The van der Waals surface area contributed by atoms with Crippen molar-refractivity contribution in [1.82, 2.24) is 5.32 Å². The number of carbonyl (C=O) groups excluding carboxylic acids is 1. The van der Waals surface area contributed by atoms with Gasteiger partial charge >= 0.3 is 6.09 Å². The quantitative estimate of drug-likeness (QED) is 0.164. The van der Waals surface area contributed by atoms with Crippen LogP contribution in [-0.2, 0) is 38.5 Å². The Kier molecular flexibility index (Phi) is 10.7. The number of hydrogen-bond donors (Lipinski definition) is 2. The molecule has 0 fully saturated rings. The molecule has 0 radical (unpaired) electrons. The van der Waals surface area contributed by atoms with E-state index in [2.05, 4.69) is 31.0 Å². The van der Waals surface area contributed by atoms with Gasteiger partial charge in [0, 0.05) is 11.5 Å². The first-order valence-corrected chi connectivity index (χ1v) is 18.7. The van der Waals surface area contributed by atoms with Crippen molar-refractivity contribution >= 4 is 14.4 Å². The number of alkyl carbamates (subject to hydrolysis) is 1. The van der Waals surface area contributed by atoms with E-state index in [1.165, 1.54) is 0 Å². The summed E-state index contributed by atoms with van der Waals surface area (Å²) >= 11 is 0. The van der Waals surface area contributed by atoms with Crippen LogP contribution in [0.15, 0.2) is 114 Å². The first-order chi connectivity index (χ1) is 21.3. The summed E-state index contributed by atoms with van der Waals surface area (Å²) in [7, 11) is -1.99. The van der Waals surface area contributed by atoms with Gasteiger partial charge in [-0.15, -0.1) is 0 Å². The van der Waals surface area contributed by atoms with Crippen LogP contribution in [0.1, 0.15) is 23.1 Å². The van der Waals surface area contributed by atoms with Crippen LogP contribution < -0.4 is 5.32 Å². The van der Waals surface area contributed by atoms with Crippen molar-refractivity contribution in [2.75, 3.05) is 6.61 Å². The number of fused-ring (bicyclic) bond motifs is 1. The zero-order valence-electron chi connectivity index (χ0n) is 25.7. The molecule has 2 N–H and O–H groups in total. The van der Waals surface area contributed by atoms with Crippen LogP contribution in [0.5, 0.6) is 0 Å². The van der Waals surface area contributed by atoms with Crippen LogP contribution in [0.2, 0.25) is 19.6 Å². The van der Waals surface area contributed by atoms with E-state index in [0.717, 1.165) is 22.3 Å². The predicted octanol–water partition coefficient (Wildman–Crippen LogP) is 7.32. The highest BCUT2D eigenvalue weighted by molar-refractivity contribution is 6.69. The number of benzene rings is 3. The molecule has 3 aromatic carbocycles. The van der Waals surface area contributed by atoms with E-state index in [1.807, 2.05) is 97.1 Å². The van der Waals surface area contributed by atoms with Crippen molar-refractivity contribution in [3.05, 3.63) is 131 Å². The Bertz CT molecular complexity index is 1410. The Balaban J connectivity index is 1.45. The van der Waals surface area contributed by atoms with E-state index in [1.54, 1.807) is 0 Å². The number of nitrogens with one attached hydrogen (secondary N) is 1. The Labute approximate surface area is 261 Å². The molecule has 0 aliphatic heterocycles. The average molecular weight is 614 g/mol. The minimum atomic E-state index is -1.99. The van der Waals surface area contributed by atoms with Gasteiger partial charge in [-0.05, 0) is 42.8 Å². The number of aliphatic hydroxyl groups excluding tert-OH is 1. The molecule has 5 rings (SSSR count). The molecule has 1 unspecified atom stereocenters. The summed E-state index contributed by atoms with van der Waals surface area (Å²) < 4.78 is 25.1. The lowest BCUT2D eigenvalue weighted by molar-refractivity contribution is -0.0704. The van der Waals surface area contributed by atoms with Crippen LogP contribution in [0, 0.1) is 11.8 Å². The summed E-state index contributed by atoms with van der Waals surface area (Å²) in [5.41, 5.74) is 3.73. The second kappa shape index (κ2) is 14.9.